The second-order valence-corrected chi connectivity index (χ2v) is 4.89. The summed E-state index contributed by atoms with van der Waals surface area (Å²) in [7, 11) is 0. The van der Waals surface area contributed by atoms with E-state index in [1.54, 1.807) is 0 Å². The molecule has 1 aromatic heterocycles. The second kappa shape index (κ2) is 4.44. The Bertz CT molecular complexity index is 379. The molecule has 3 rings (SSSR count). The Kier molecular flexibility index (Phi) is 2.80. The van der Waals surface area contributed by atoms with Gasteiger partial charge in [0.25, 0.3) is 5.91 Å². The van der Waals surface area contributed by atoms with Crippen molar-refractivity contribution in [2.24, 2.45) is 5.92 Å². The van der Waals surface area contributed by atoms with Gasteiger partial charge in [-0.2, -0.15) is 15.4 Å². The van der Waals surface area contributed by atoms with Gasteiger partial charge in [0.1, 0.15) is 0 Å². The average molecular weight is 235 g/mol. The second-order valence-electron chi connectivity index (χ2n) is 4.89. The van der Waals surface area contributed by atoms with Crippen LogP contribution >= 0.6 is 0 Å². The molecule has 1 aliphatic heterocycles. The number of piperazine rings is 1. The van der Waals surface area contributed by atoms with Gasteiger partial charge in [-0.05, 0) is 18.8 Å². The lowest BCUT2D eigenvalue weighted by atomic mass is 10.2. The SMILES string of the molecule is O=C(c1cn[nH]n1)N1CCN(CC2CC2)CC1. The van der Waals surface area contributed by atoms with Crippen LogP contribution in [0.1, 0.15) is 23.3 Å². The van der Waals surface area contributed by atoms with Crippen molar-refractivity contribution >= 4 is 5.91 Å². The third-order valence-corrected chi connectivity index (χ3v) is 3.51. The summed E-state index contributed by atoms with van der Waals surface area (Å²) in [6.07, 6.45) is 4.26. The highest BCUT2D eigenvalue weighted by Gasteiger charge is 2.28. The van der Waals surface area contributed by atoms with E-state index in [1.807, 2.05) is 4.90 Å². The number of nitrogens with zero attached hydrogens (tertiary/aromatic N) is 4. The molecule has 1 aromatic rings. The summed E-state index contributed by atoms with van der Waals surface area (Å²) < 4.78 is 0. The van der Waals surface area contributed by atoms with Crippen LogP contribution < -0.4 is 0 Å². The number of H-pyrrole nitrogens is 1. The normalized spacial score (nSPS) is 21.8. The first-order chi connectivity index (χ1) is 8.33. The number of rotatable bonds is 3. The maximum Gasteiger partial charge on any atom is 0.276 e. The molecule has 0 bridgehead atoms. The van der Waals surface area contributed by atoms with E-state index in [-0.39, 0.29) is 5.91 Å². The van der Waals surface area contributed by atoms with Crippen molar-refractivity contribution in [3.63, 3.8) is 0 Å². The van der Waals surface area contributed by atoms with Crippen molar-refractivity contribution in [1.29, 1.82) is 0 Å². The zero-order valence-corrected chi connectivity index (χ0v) is 9.80. The van der Waals surface area contributed by atoms with Crippen molar-refractivity contribution < 1.29 is 4.79 Å². The van der Waals surface area contributed by atoms with Crippen molar-refractivity contribution in [2.45, 2.75) is 12.8 Å². The largest absolute Gasteiger partial charge is 0.335 e. The van der Waals surface area contributed by atoms with E-state index in [4.69, 9.17) is 0 Å². The minimum atomic E-state index is -0.00942. The molecule has 0 aromatic carbocycles. The molecular formula is C11H17N5O. The van der Waals surface area contributed by atoms with Crippen LogP contribution in [0.3, 0.4) is 0 Å². The molecule has 0 spiro atoms. The molecule has 6 heteroatoms. The minimum Gasteiger partial charge on any atom is -0.335 e. The van der Waals surface area contributed by atoms with Gasteiger partial charge in [0.2, 0.25) is 0 Å². The Hall–Kier alpha value is -1.43. The minimum absolute atomic E-state index is 0.00942. The van der Waals surface area contributed by atoms with Crippen molar-refractivity contribution in [1.82, 2.24) is 25.2 Å². The lowest BCUT2D eigenvalue weighted by molar-refractivity contribution is 0.0626. The van der Waals surface area contributed by atoms with Crippen LogP contribution in [0.25, 0.3) is 0 Å². The molecule has 1 amide bonds. The molecule has 6 nitrogen and oxygen atoms in total. The third-order valence-electron chi connectivity index (χ3n) is 3.51. The van der Waals surface area contributed by atoms with E-state index in [1.165, 1.54) is 25.6 Å². The highest BCUT2D eigenvalue weighted by molar-refractivity contribution is 5.91. The van der Waals surface area contributed by atoms with Gasteiger partial charge >= 0.3 is 0 Å². The Morgan fingerprint density at radius 2 is 2.12 bits per heavy atom. The first-order valence-electron chi connectivity index (χ1n) is 6.20. The van der Waals surface area contributed by atoms with Crippen molar-refractivity contribution in [3.8, 4) is 0 Å². The number of aromatic amines is 1. The Morgan fingerprint density at radius 1 is 1.35 bits per heavy atom. The monoisotopic (exact) mass is 235 g/mol. The van der Waals surface area contributed by atoms with Crippen molar-refractivity contribution in [3.05, 3.63) is 11.9 Å². The molecule has 1 N–H and O–H groups in total. The molecule has 1 saturated heterocycles. The number of carbonyl (C=O) groups excluding carboxylic acids is 1. The number of hydrogen-bond donors (Lipinski definition) is 1. The van der Waals surface area contributed by atoms with Crippen LogP contribution in [0, 0.1) is 5.92 Å². The van der Waals surface area contributed by atoms with Crippen LogP contribution in [0.15, 0.2) is 6.20 Å². The van der Waals surface area contributed by atoms with Crippen LogP contribution in [-0.2, 0) is 0 Å². The molecular weight excluding hydrogens is 218 g/mol. The number of carbonyl (C=O) groups is 1. The van der Waals surface area contributed by atoms with Gasteiger partial charge in [0, 0.05) is 32.7 Å². The van der Waals surface area contributed by atoms with E-state index < -0.39 is 0 Å². The van der Waals surface area contributed by atoms with Crippen molar-refractivity contribution in [2.75, 3.05) is 32.7 Å². The van der Waals surface area contributed by atoms with Gasteiger partial charge in [-0.3, -0.25) is 9.69 Å². The first-order valence-corrected chi connectivity index (χ1v) is 6.20. The fraction of sp³-hybridized carbons (Fsp3) is 0.727. The van der Waals surface area contributed by atoms with Gasteiger partial charge < -0.3 is 4.90 Å². The highest BCUT2D eigenvalue weighted by atomic mass is 16.2. The zero-order chi connectivity index (χ0) is 11.7. The van der Waals surface area contributed by atoms with Gasteiger partial charge in [-0.15, -0.1) is 0 Å². The summed E-state index contributed by atoms with van der Waals surface area (Å²) in [6.45, 7) is 4.79. The van der Waals surface area contributed by atoms with Gasteiger partial charge in [-0.1, -0.05) is 0 Å². The summed E-state index contributed by atoms with van der Waals surface area (Å²) in [4.78, 5) is 16.3. The summed E-state index contributed by atoms with van der Waals surface area (Å²) in [6, 6.07) is 0. The summed E-state index contributed by atoms with van der Waals surface area (Å²) in [5.41, 5.74) is 0.417. The standard InChI is InChI=1S/C11H17N5O/c17-11(10-7-12-14-13-10)16-5-3-15(4-6-16)8-9-1-2-9/h7,9H,1-6,8H2,(H,12,13,14). The first kappa shape index (κ1) is 10.7. The van der Waals surface area contributed by atoms with Gasteiger partial charge in [0.05, 0.1) is 6.20 Å². The van der Waals surface area contributed by atoms with Crippen LogP contribution in [0.5, 0.6) is 0 Å². The van der Waals surface area contributed by atoms with Crippen LogP contribution in [0.4, 0.5) is 0 Å². The fourth-order valence-electron chi connectivity index (χ4n) is 2.27. The smallest absolute Gasteiger partial charge is 0.276 e. The molecule has 2 heterocycles. The van der Waals surface area contributed by atoms with Crippen LogP contribution in [-0.4, -0.2) is 63.8 Å². The Morgan fingerprint density at radius 3 is 2.71 bits per heavy atom. The maximum absolute atomic E-state index is 12.0. The summed E-state index contributed by atoms with van der Waals surface area (Å²) in [5, 5.41) is 9.97. The van der Waals surface area contributed by atoms with E-state index in [0.29, 0.717) is 5.69 Å². The fourth-order valence-corrected chi connectivity index (χ4v) is 2.27. The zero-order valence-electron chi connectivity index (χ0n) is 9.80. The Balaban J connectivity index is 1.52. The van der Waals surface area contributed by atoms with E-state index >= 15 is 0 Å². The molecule has 0 atom stereocenters. The third kappa shape index (κ3) is 2.46. The maximum atomic E-state index is 12.0. The van der Waals surface area contributed by atoms with E-state index in [0.717, 1.165) is 32.1 Å². The molecule has 1 aliphatic carbocycles. The highest BCUT2D eigenvalue weighted by Crippen LogP contribution is 2.29. The summed E-state index contributed by atoms with van der Waals surface area (Å²) >= 11 is 0. The average Bonchev–Trinajstić information content (AvgIpc) is 3.00. The Labute approximate surface area is 100.0 Å². The number of hydrogen-bond acceptors (Lipinski definition) is 4. The number of aromatic nitrogens is 3. The topological polar surface area (TPSA) is 65.1 Å². The molecule has 17 heavy (non-hydrogen) atoms. The summed E-state index contributed by atoms with van der Waals surface area (Å²) in [5.74, 6) is 0.914. The predicted octanol–water partition coefficient (Wildman–Crippen LogP) is -0.0275. The lowest BCUT2D eigenvalue weighted by Gasteiger charge is -2.34. The molecule has 2 aliphatic rings. The van der Waals surface area contributed by atoms with Crippen LogP contribution in [0.2, 0.25) is 0 Å². The number of nitrogens with one attached hydrogen (secondary N) is 1. The van der Waals surface area contributed by atoms with E-state index in [2.05, 4.69) is 20.3 Å². The van der Waals surface area contributed by atoms with E-state index in [9.17, 15) is 4.79 Å². The molecule has 0 unspecified atom stereocenters. The number of amides is 1. The molecule has 92 valence electrons. The molecule has 0 radical (unpaired) electrons. The van der Waals surface area contributed by atoms with Gasteiger partial charge in [0.15, 0.2) is 5.69 Å². The predicted molar refractivity (Wildman–Crippen MR) is 61.5 cm³/mol. The lowest BCUT2D eigenvalue weighted by Crippen LogP contribution is -2.49. The van der Waals surface area contributed by atoms with Gasteiger partial charge in [-0.25, -0.2) is 0 Å². The molecule has 2 fully saturated rings. The quantitative estimate of drug-likeness (QED) is 0.799. The molecule has 1 saturated carbocycles.